The summed E-state index contributed by atoms with van der Waals surface area (Å²) in [4.78, 5) is 32.9. The smallest absolute Gasteiger partial charge is 0.239 e. The van der Waals surface area contributed by atoms with E-state index in [1.165, 1.54) is 0 Å². The Morgan fingerprint density at radius 3 is 2.58 bits per heavy atom. The van der Waals surface area contributed by atoms with Crippen molar-refractivity contribution in [3.8, 4) is 0 Å². The van der Waals surface area contributed by atoms with E-state index in [4.69, 9.17) is 5.73 Å². The van der Waals surface area contributed by atoms with Crippen molar-refractivity contribution in [3.05, 3.63) is 23.9 Å². The molecule has 8 nitrogen and oxygen atoms in total. The summed E-state index contributed by atoms with van der Waals surface area (Å²) in [7, 11) is 2.11. The van der Waals surface area contributed by atoms with Crippen LogP contribution in [-0.2, 0) is 16.1 Å². The van der Waals surface area contributed by atoms with Crippen LogP contribution in [0.2, 0.25) is 0 Å². The lowest BCUT2D eigenvalue weighted by Crippen LogP contribution is -2.47. The average Bonchev–Trinajstić information content (AvgIpc) is 2.64. The fraction of sp³-hybridized carbons (Fsp3) is 0.611. The number of pyridine rings is 1. The maximum Gasteiger partial charge on any atom is 0.239 e. The summed E-state index contributed by atoms with van der Waals surface area (Å²) in [5.74, 6) is 0.378. The van der Waals surface area contributed by atoms with Crippen molar-refractivity contribution in [1.82, 2.24) is 20.5 Å². The molecule has 1 aliphatic rings. The van der Waals surface area contributed by atoms with Crippen LogP contribution in [0.1, 0.15) is 19.4 Å². The number of nitrogens with zero attached hydrogens (tertiary/aromatic N) is 3. The van der Waals surface area contributed by atoms with Crippen molar-refractivity contribution in [2.24, 2.45) is 11.7 Å². The summed E-state index contributed by atoms with van der Waals surface area (Å²) in [6.07, 6.45) is 1.77. The Morgan fingerprint density at radius 2 is 1.92 bits per heavy atom. The van der Waals surface area contributed by atoms with E-state index in [9.17, 15) is 9.59 Å². The first-order chi connectivity index (χ1) is 12.4. The first-order valence-corrected chi connectivity index (χ1v) is 9.06. The predicted octanol–water partition coefficient (Wildman–Crippen LogP) is -0.451. The molecule has 2 heterocycles. The third-order valence-electron chi connectivity index (χ3n) is 4.59. The summed E-state index contributed by atoms with van der Waals surface area (Å²) in [6.45, 7) is 7.84. The summed E-state index contributed by atoms with van der Waals surface area (Å²) < 4.78 is 0. The quantitative estimate of drug-likeness (QED) is 0.607. The summed E-state index contributed by atoms with van der Waals surface area (Å²) in [5, 5.41) is 5.41. The molecule has 1 atom stereocenters. The third-order valence-corrected chi connectivity index (χ3v) is 4.59. The number of hydrogen-bond acceptors (Lipinski definition) is 6. The Bertz CT molecular complexity index is 613. The molecule has 2 rings (SSSR count). The fourth-order valence-corrected chi connectivity index (χ4v) is 2.72. The van der Waals surface area contributed by atoms with Crippen LogP contribution in [0.5, 0.6) is 0 Å². The van der Waals surface area contributed by atoms with Gasteiger partial charge in [-0.2, -0.15) is 0 Å². The monoisotopic (exact) mass is 362 g/mol. The van der Waals surface area contributed by atoms with E-state index >= 15 is 0 Å². The number of nitrogens with one attached hydrogen (secondary N) is 2. The number of aromatic nitrogens is 1. The topological polar surface area (TPSA) is 104 Å². The van der Waals surface area contributed by atoms with E-state index in [0.29, 0.717) is 6.54 Å². The van der Waals surface area contributed by atoms with Crippen LogP contribution in [0, 0.1) is 5.92 Å². The normalized spacial score (nSPS) is 16.4. The van der Waals surface area contributed by atoms with Gasteiger partial charge in [0.2, 0.25) is 11.8 Å². The Kier molecular flexibility index (Phi) is 7.35. The van der Waals surface area contributed by atoms with Gasteiger partial charge in [-0.3, -0.25) is 9.59 Å². The van der Waals surface area contributed by atoms with Gasteiger partial charge in [-0.15, -0.1) is 0 Å². The number of amides is 2. The zero-order chi connectivity index (χ0) is 19.1. The molecular formula is C18H30N6O2. The second kappa shape index (κ2) is 9.49. The molecule has 8 heteroatoms. The Hall–Kier alpha value is -2.19. The highest BCUT2D eigenvalue weighted by atomic mass is 16.2. The molecule has 0 radical (unpaired) electrons. The highest BCUT2D eigenvalue weighted by Crippen LogP contribution is 2.18. The highest BCUT2D eigenvalue weighted by Gasteiger charge is 2.19. The summed E-state index contributed by atoms with van der Waals surface area (Å²) in [5.41, 5.74) is 6.73. The Morgan fingerprint density at radius 1 is 1.23 bits per heavy atom. The Labute approximate surface area is 155 Å². The van der Waals surface area contributed by atoms with Gasteiger partial charge in [-0.1, -0.05) is 19.9 Å². The first kappa shape index (κ1) is 20.1. The van der Waals surface area contributed by atoms with Crippen molar-refractivity contribution < 1.29 is 9.59 Å². The minimum atomic E-state index is -0.607. The molecule has 2 amide bonds. The van der Waals surface area contributed by atoms with Gasteiger partial charge in [0.25, 0.3) is 0 Å². The fourth-order valence-electron chi connectivity index (χ4n) is 2.72. The largest absolute Gasteiger partial charge is 0.354 e. The van der Waals surface area contributed by atoms with Gasteiger partial charge < -0.3 is 26.2 Å². The summed E-state index contributed by atoms with van der Waals surface area (Å²) in [6, 6.07) is 3.23. The van der Waals surface area contributed by atoms with Crippen LogP contribution in [0.3, 0.4) is 0 Å². The maximum absolute atomic E-state index is 12.0. The number of anilines is 1. The van der Waals surface area contributed by atoms with Gasteiger partial charge in [0.15, 0.2) is 0 Å². The SMILES string of the molecule is CC(C)[C@H](N)C(=O)NCC(=O)NCc1cccnc1N1CCN(C)CC1. The minimum Gasteiger partial charge on any atom is -0.354 e. The maximum atomic E-state index is 12.0. The van der Waals surface area contributed by atoms with Crippen molar-refractivity contribution in [2.45, 2.75) is 26.4 Å². The van der Waals surface area contributed by atoms with E-state index in [0.717, 1.165) is 37.6 Å². The molecule has 0 saturated carbocycles. The van der Waals surface area contributed by atoms with E-state index < -0.39 is 6.04 Å². The molecule has 0 bridgehead atoms. The lowest BCUT2D eigenvalue weighted by atomic mass is 10.1. The number of piperazine rings is 1. The minimum absolute atomic E-state index is 0.0274. The number of rotatable bonds is 7. The van der Waals surface area contributed by atoms with Gasteiger partial charge in [-0.25, -0.2) is 4.98 Å². The average molecular weight is 362 g/mol. The first-order valence-electron chi connectivity index (χ1n) is 9.06. The molecule has 1 aromatic rings. The zero-order valence-electron chi connectivity index (χ0n) is 15.9. The molecular weight excluding hydrogens is 332 g/mol. The van der Waals surface area contributed by atoms with Crippen molar-refractivity contribution in [3.63, 3.8) is 0 Å². The van der Waals surface area contributed by atoms with Crippen LogP contribution >= 0.6 is 0 Å². The zero-order valence-corrected chi connectivity index (χ0v) is 15.9. The number of hydrogen-bond donors (Lipinski definition) is 3. The van der Waals surface area contributed by atoms with E-state index in [1.807, 2.05) is 26.0 Å². The molecule has 1 fully saturated rings. The lowest BCUT2D eigenvalue weighted by molar-refractivity contribution is -0.127. The van der Waals surface area contributed by atoms with Crippen molar-refractivity contribution in [2.75, 3.05) is 44.7 Å². The van der Waals surface area contributed by atoms with Crippen molar-refractivity contribution in [1.29, 1.82) is 0 Å². The molecule has 0 aromatic carbocycles. The number of carbonyl (C=O) groups excluding carboxylic acids is 2. The Balaban J connectivity index is 1.85. The molecule has 0 aliphatic carbocycles. The molecule has 144 valence electrons. The van der Waals surface area contributed by atoms with Crippen LogP contribution < -0.4 is 21.3 Å². The number of carbonyl (C=O) groups is 2. The van der Waals surface area contributed by atoms with E-state index in [1.54, 1.807) is 6.20 Å². The van der Waals surface area contributed by atoms with Gasteiger partial charge in [-0.05, 0) is 19.0 Å². The number of likely N-dealkylation sites (N-methyl/N-ethyl adjacent to an activating group) is 1. The highest BCUT2D eigenvalue weighted by molar-refractivity contribution is 5.87. The van der Waals surface area contributed by atoms with Gasteiger partial charge in [0.1, 0.15) is 5.82 Å². The molecule has 1 aromatic heterocycles. The standard InChI is InChI=1S/C18H30N6O2/c1-13(2)16(19)18(26)22-12-15(25)21-11-14-5-4-6-20-17(14)24-9-7-23(3)8-10-24/h4-6,13,16H,7-12,19H2,1-3H3,(H,21,25)(H,22,26)/t16-/m0/s1. The molecule has 26 heavy (non-hydrogen) atoms. The molecule has 0 spiro atoms. The predicted molar refractivity (Wildman–Crippen MR) is 102 cm³/mol. The molecule has 0 unspecified atom stereocenters. The van der Waals surface area contributed by atoms with E-state index in [2.05, 4.69) is 32.5 Å². The van der Waals surface area contributed by atoms with Crippen LogP contribution in [-0.4, -0.2) is 67.5 Å². The summed E-state index contributed by atoms with van der Waals surface area (Å²) >= 11 is 0. The van der Waals surface area contributed by atoms with E-state index in [-0.39, 0.29) is 24.3 Å². The van der Waals surface area contributed by atoms with Crippen LogP contribution in [0.15, 0.2) is 18.3 Å². The molecule has 1 saturated heterocycles. The second-order valence-electron chi connectivity index (χ2n) is 7.04. The molecule has 1 aliphatic heterocycles. The third kappa shape index (κ3) is 5.67. The van der Waals surface area contributed by atoms with Gasteiger partial charge in [0, 0.05) is 44.5 Å². The molecule has 4 N–H and O–H groups in total. The lowest BCUT2D eigenvalue weighted by Gasteiger charge is -2.34. The van der Waals surface area contributed by atoms with Crippen LogP contribution in [0.25, 0.3) is 0 Å². The van der Waals surface area contributed by atoms with Crippen molar-refractivity contribution >= 4 is 17.6 Å². The van der Waals surface area contributed by atoms with Gasteiger partial charge >= 0.3 is 0 Å². The van der Waals surface area contributed by atoms with Gasteiger partial charge in [0.05, 0.1) is 12.6 Å². The second-order valence-corrected chi connectivity index (χ2v) is 7.04. The van der Waals surface area contributed by atoms with Crippen LogP contribution in [0.4, 0.5) is 5.82 Å². The number of nitrogens with two attached hydrogens (primary N) is 1.